The van der Waals surface area contributed by atoms with Gasteiger partial charge in [-0.15, -0.1) is 0 Å². The Morgan fingerprint density at radius 3 is 0.386 bits per heavy atom. The van der Waals surface area contributed by atoms with Crippen LogP contribution in [0.3, 0.4) is 0 Å². The lowest BCUT2D eigenvalue weighted by molar-refractivity contribution is -0.288. The summed E-state index contributed by atoms with van der Waals surface area (Å²) in [4.78, 5) is 0. The minimum atomic E-state index is -5.70. The van der Waals surface area contributed by atoms with E-state index in [1.807, 2.05) is 353 Å². The standard InChI is InChI=1S/C33H30F6O2.C21H28.C18H22O.2C12H18.20C2H6/c1-21(2)23-5-13-27(14-6-23)40-29-17-9-25(10-18-29)31(32(34,35)36,33(37,38)39)26-11-19-30(20-12-26)41-28-15-7-24(8-16-28)22(3)4;1-15(2)17-7-11-19(12-8-17)21(5,6)20-13-9-18(10-14-20)16(3)4;1-13(2)15-5-9-17(10-6-15)19-18-11-7-16(8-12-18)14(3)4;1-9(2)11-5-7-12(8-6-11)10(3)4;1-9(2)11-6-5-7-12(8-11)10(3)4;20*1-2/h5-22H,1-4H3;7-16H,1-6H3;5-14H,1-4H3;2*5-10H,1-4H3;20*1-2H3. The molecule has 840 valence electrons. The normalized spacial score (nSPS) is 9.45. The molecule has 0 fully saturated rings. The Kier molecular flexibility index (Phi) is 130. The highest BCUT2D eigenvalue weighted by molar-refractivity contribution is 5.49. The molecule has 0 aliphatic heterocycles. The van der Waals surface area contributed by atoms with Crippen molar-refractivity contribution in [1.29, 1.82) is 0 Å². The van der Waals surface area contributed by atoms with Crippen LogP contribution in [0.25, 0.3) is 0 Å². The molecule has 0 aliphatic rings. The van der Waals surface area contributed by atoms with E-state index in [0.29, 0.717) is 58.8 Å². The Morgan fingerprint density at radius 2 is 0.262 bits per heavy atom. The van der Waals surface area contributed by atoms with Gasteiger partial charge in [0, 0.05) is 5.41 Å². The van der Waals surface area contributed by atoms with Crippen LogP contribution in [-0.2, 0) is 10.8 Å². The van der Waals surface area contributed by atoms with Crippen LogP contribution in [0, 0.1) is 0 Å². The summed E-state index contributed by atoms with van der Waals surface area (Å²) in [6, 6.07) is 74.5. The summed E-state index contributed by atoms with van der Waals surface area (Å²) in [6.45, 7) is 128. The summed E-state index contributed by atoms with van der Waals surface area (Å²) in [5.74, 6) is 8.26. The number of ether oxygens (including phenoxy) is 3. The van der Waals surface area contributed by atoms with Crippen molar-refractivity contribution in [3.8, 4) is 34.5 Å². The molecule has 145 heavy (non-hydrogen) atoms. The van der Waals surface area contributed by atoms with E-state index in [1.54, 1.807) is 24.3 Å². The van der Waals surface area contributed by atoms with Gasteiger partial charge in [0.1, 0.15) is 34.5 Å². The van der Waals surface area contributed by atoms with Gasteiger partial charge in [-0.05, 0) is 210 Å². The molecule has 0 bridgehead atoms. The summed E-state index contributed by atoms with van der Waals surface area (Å²) < 4.78 is 105. The second-order valence-electron chi connectivity index (χ2n) is 31.1. The van der Waals surface area contributed by atoms with Gasteiger partial charge in [-0.25, -0.2) is 0 Å². The summed E-state index contributed by atoms with van der Waals surface area (Å²) in [7, 11) is 0. The third-order valence-corrected chi connectivity index (χ3v) is 19.4. The summed E-state index contributed by atoms with van der Waals surface area (Å²) in [5.41, 5.74) is 9.95. The molecule has 9 heteroatoms. The van der Waals surface area contributed by atoms with Crippen molar-refractivity contribution in [3.63, 3.8) is 0 Å². The molecule has 0 unspecified atom stereocenters. The first-order chi connectivity index (χ1) is 69.3. The molecule has 0 saturated carbocycles. The van der Waals surface area contributed by atoms with Gasteiger partial charge in [0.05, 0.1) is 0 Å². The maximum Gasteiger partial charge on any atom is 0.411 e. The van der Waals surface area contributed by atoms with Gasteiger partial charge in [-0.2, -0.15) is 26.3 Å². The van der Waals surface area contributed by atoms with Crippen molar-refractivity contribution >= 4 is 0 Å². The maximum absolute atomic E-state index is 14.6. The zero-order valence-electron chi connectivity index (χ0n) is 106. The van der Waals surface area contributed by atoms with Crippen molar-refractivity contribution < 1.29 is 40.6 Å². The third-order valence-electron chi connectivity index (χ3n) is 19.4. The largest absolute Gasteiger partial charge is 0.457 e. The average Bonchev–Trinajstić information content (AvgIpc) is 0.715. The van der Waals surface area contributed by atoms with Crippen LogP contribution in [-0.4, -0.2) is 12.4 Å². The Bertz CT molecular complexity index is 3880. The first-order valence-electron chi connectivity index (χ1n) is 57.5. The van der Waals surface area contributed by atoms with Crippen LogP contribution < -0.4 is 14.2 Å². The van der Waals surface area contributed by atoms with E-state index in [9.17, 15) is 26.3 Å². The van der Waals surface area contributed by atoms with Gasteiger partial charge in [-0.1, -0.05) is 599 Å². The molecule has 0 heterocycles. The van der Waals surface area contributed by atoms with Crippen molar-refractivity contribution in [2.24, 2.45) is 0 Å². The highest BCUT2D eigenvalue weighted by Crippen LogP contribution is 2.57. The van der Waals surface area contributed by atoms with Gasteiger partial charge < -0.3 is 14.2 Å². The number of hydrogen-bond donors (Lipinski definition) is 0. The molecule has 0 aromatic heterocycles. The van der Waals surface area contributed by atoms with E-state index < -0.39 is 28.9 Å². The Hall–Kier alpha value is -8.82. The number of rotatable bonds is 20. The Balaban J connectivity index is -0.000000108. The molecule has 0 amide bonds. The second kappa shape index (κ2) is 111. The van der Waals surface area contributed by atoms with E-state index in [-0.39, 0.29) is 28.7 Å². The van der Waals surface area contributed by atoms with E-state index in [1.165, 1.54) is 55.6 Å². The lowest BCUT2D eigenvalue weighted by Gasteiger charge is -2.38. The fourth-order valence-electron chi connectivity index (χ4n) is 11.9. The van der Waals surface area contributed by atoms with E-state index >= 15 is 0 Å². The molecular formula is C136H236F6O3. The second-order valence-corrected chi connectivity index (χ2v) is 31.1. The number of hydrogen-bond acceptors (Lipinski definition) is 3. The Labute approximate surface area is 901 Å². The lowest BCUT2D eigenvalue weighted by atomic mass is 9.73. The zero-order chi connectivity index (χ0) is 118. The van der Waals surface area contributed by atoms with Gasteiger partial charge in [0.2, 0.25) is 5.41 Å². The van der Waals surface area contributed by atoms with E-state index in [2.05, 4.69) is 246 Å². The maximum atomic E-state index is 14.6. The monoisotopic (exact) mass is 2030 g/mol. The fraction of sp³-hybridized carbons (Fsp3) is 0.559. The van der Waals surface area contributed by atoms with Crippen molar-refractivity contribution in [3.05, 3.63) is 321 Å². The van der Waals surface area contributed by atoms with Gasteiger partial charge in [0.15, 0.2) is 0 Å². The minimum Gasteiger partial charge on any atom is -0.457 e. The van der Waals surface area contributed by atoms with Crippen LogP contribution in [0.4, 0.5) is 26.3 Å². The van der Waals surface area contributed by atoms with Crippen molar-refractivity contribution in [2.75, 3.05) is 0 Å². The highest BCUT2D eigenvalue weighted by atomic mass is 19.4. The van der Waals surface area contributed by atoms with Gasteiger partial charge in [0.25, 0.3) is 0 Å². The SMILES string of the molecule is CC.CC.CC.CC.CC.CC.CC.CC.CC.CC.CC.CC.CC.CC.CC.CC.CC.CC.CC.CC.CC(C)c1ccc(C(C)(C)c2ccc(C(C)C)cc2)cc1.CC(C)c1ccc(C(C)C)cc1.CC(C)c1ccc(Oc2ccc(C(C)C)cc2)cc1.CC(C)c1ccc(Oc2ccc(C(c3ccc(Oc4ccc(C(C)C)cc4)cc3)(C(F)(F)F)C(F)(F)F)cc2)cc1.CC(C)c1cccc(C(C)C)c1. The molecule has 0 radical (unpaired) electrons. The van der Waals surface area contributed by atoms with Gasteiger partial charge in [-0.3, -0.25) is 0 Å². The quantitative estimate of drug-likeness (QED) is 0.0712. The number of benzene rings is 10. The number of halogens is 6. The van der Waals surface area contributed by atoms with Crippen LogP contribution in [0.1, 0.15) is 566 Å². The van der Waals surface area contributed by atoms with E-state index in [4.69, 9.17) is 14.2 Å². The first-order valence-corrected chi connectivity index (χ1v) is 57.5. The minimum absolute atomic E-state index is 0.0466. The van der Waals surface area contributed by atoms with Gasteiger partial charge >= 0.3 is 12.4 Å². The van der Waals surface area contributed by atoms with Crippen LogP contribution in [0.15, 0.2) is 243 Å². The highest BCUT2D eigenvalue weighted by Gasteiger charge is 2.72. The van der Waals surface area contributed by atoms with Crippen molar-refractivity contribution in [1.82, 2.24) is 0 Å². The van der Waals surface area contributed by atoms with Crippen LogP contribution in [0.5, 0.6) is 34.5 Å². The first kappa shape index (κ1) is 169. The molecule has 0 N–H and O–H groups in total. The molecule has 0 atom stereocenters. The van der Waals surface area contributed by atoms with Crippen LogP contribution in [0.2, 0.25) is 0 Å². The molecular weight excluding hydrogens is 1800 g/mol. The topological polar surface area (TPSA) is 27.7 Å². The fourth-order valence-corrected chi connectivity index (χ4v) is 11.9. The molecule has 0 spiro atoms. The average molecular weight is 2030 g/mol. The summed E-state index contributed by atoms with van der Waals surface area (Å²) in [6.07, 6.45) is -11.4. The molecule has 0 saturated heterocycles. The van der Waals surface area contributed by atoms with E-state index in [0.717, 1.165) is 71.2 Å². The Morgan fingerprint density at radius 1 is 0.152 bits per heavy atom. The van der Waals surface area contributed by atoms with Crippen LogP contribution >= 0.6 is 0 Å². The molecule has 0 aliphatic carbocycles. The smallest absolute Gasteiger partial charge is 0.411 e. The third kappa shape index (κ3) is 69.9. The summed E-state index contributed by atoms with van der Waals surface area (Å²) >= 11 is 0. The molecule has 10 rings (SSSR count). The summed E-state index contributed by atoms with van der Waals surface area (Å²) in [5, 5.41) is 0. The number of alkyl halides is 6. The molecule has 10 aromatic carbocycles. The predicted molar refractivity (Wildman–Crippen MR) is 658 cm³/mol. The molecule has 3 nitrogen and oxygen atoms in total. The lowest BCUT2D eigenvalue weighted by Crippen LogP contribution is -2.54. The molecule has 10 aromatic rings. The van der Waals surface area contributed by atoms with Crippen molar-refractivity contribution in [2.45, 2.75) is 512 Å². The predicted octanol–water partition coefficient (Wildman–Crippen LogP) is 51.3. The zero-order valence-corrected chi connectivity index (χ0v) is 106.